The molecule has 0 spiro atoms. The molecule has 0 aliphatic heterocycles. The summed E-state index contributed by atoms with van der Waals surface area (Å²) in [5, 5.41) is 9.63. The van der Waals surface area contributed by atoms with Crippen molar-refractivity contribution in [3.05, 3.63) is 0 Å². The maximum absolute atomic E-state index is 11.3. The Hall–Kier alpha value is -0.450. The van der Waals surface area contributed by atoms with Crippen LogP contribution in [0.15, 0.2) is 0 Å². The number of aliphatic hydroxyl groups excluding tert-OH is 1. The number of aliphatic hydroxyl groups is 1. The summed E-state index contributed by atoms with van der Waals surface area (Å²) in [5.74, 6) is 0.117. The van der Waals surface area contributed by atoms with Gasteiger partial charge in [0.05, 0.1) is 12.7 Å². The summed E-state index contributed by atoms with van der Waals surface area (Å²) in [6.45, 7) is 5.62. The molecule has 0 aromatic heterocycles. The van der Waals surface area contributed by atoms with E-state index in [1.807, 2.05) is 25.8 Å². The van der Waals surface area contributed by atoms with E-state index in [1.165, 1.54) is 0 Å². The molecular formula is C11H23NO3. The van der Waals surface area contributed by atoms with Gasteiger partial charge in [0.2, 0.25) is 0 Å². The molecule has 0 fully saturated rings. The standard InChI is InChI=1S/C11H23NO3/c1-9(2)11(14)7-10(13)8-12(3)5-6-15-4/h9-10,13H,5-8H2,1-4H3. The van der Waals surface area contributed by atoms with E-state index < -0.39 is 6.10 Å². The normalized spacial score (nSPS) is 13.5. The van der Waals surface area contributed by atoms with Gasteiger partial charge in [-0.1, -0.05) is 13.8 Å². The van der Waals surface area contributed by atoms with Gasteiger partial charge in [-0.2, -0.15) is 0 Å². The number of nitrogens with zero attached hydrogens (tertiary/aromatic N) is 1. The molecular weight excluding hydrogens is 194 g/mol. The summed E-state index contributed by atoms with van der Waals surface area (Å²) in [5.41, 5.74) is 0. The summed E-state index contributed by atoms with van der Waals surface area (Å²) >= 11 is 0. The summed E-state index contributed by atoms with van der Waals surface area (Å²) in [6.07, 6.45) is -0.323. The Balaban J connectivity index is 3.72. The van der Waals surface area contributed by atoms with E-state index in [1.54, 1.807) is 7.11 Å². The van der Waals surface area contributed by atoms with Crippen LogP contribution < -0.4 is 0 Å². The molecule has 90 valence electrons. The van der Waals surface area contributed by atoms with E-state index in [-0.39, 0.29) is 18.1 Å². The SMILES string of the molecule is COCCN(C)CC(O)CC(=O)C(C)C. The van der Waals surface area contributed by atoms with Gasteiger partial charge in [0.25, 0.3) is 0 Å². The predicted molar refractivity (Wildman–Crippen MR) is 59.8 cm³/mol. The van der Waals surface area contributed by atoms with Gasteiger partial charge >= 0.3 is 0 Å². The lowest BCUT2D eigenvalue weighted by Crippen LogP contribution is -2.33. The Morgan fingerprint density at radius 1 is 1.47 bits per heavy atom. The van der Waals surface area contributed by atoms with Crippen molar-refractivity contribution in [2.75, 3.05) is 33.9 Å². The minimum absolute atomic E-state index is 0.00364. The van der Waals surface area contributed by atoms with Crippen LogP contribution in [-0.4, -0.2) is 55.7 Å². The second-order valence-electron chi connectivity index (χ2n) is 4.23. The first kappa shape index (κ1) is 14.6. The van der Waals surface area contributed by atoms with Gasteiger partial charge in [-0.3, -0.25) is 4.79 Å². The topological polar surface area (TPSA) is 49.8 Å². The number of ketones is 1. The van der Waals surface area contributed by atoms with E-state index in [9.17, 15) is 9.90 Å². The Labute approximate surface area is 92.2 Å². The molecule has 1 unspecified atom stereocenters. The van der Waals surface area contributed by atoms with Crippen molar-refractivity contribution >= 4 is 5.78 Å². The van der Waals surface area contributed by atoms with Crippen LogP contribution in [0.4, 0.5) is 0 Å². The number of rotatable bonds is 8. The van der Waals surface area contributed by atoms with Crippen LogP contribution in [-0.2, 0) is 9.53 Å². The van der Waals surface area contributed by atoms with Crippen LogP contribution in [0.25, 0.3) is 0 Å². The smallest absolute Gasteiger partial charge is 0.138 e. The highest BCUT2D eigenvalue weighted by Crippen LogP contribution is 2.03. The van der Waals surface area contributed by atoms with Crippen LogP contribution in [0.3, 0.4) is 0 Å². The highest BCUT2D eigenvalue weighted by molar-refractivity contribution is 5.80. The molecule has 0 radical (unpaired) electrons. The largest absolute Gasteiger partial charge is 0.391 e. The lowest BCUT2D eigenvalue weighted by Gasteiger charge is -2.20. The molecule has 0 bridgehead atoms. The third kappa shape index (κ3) is 7.48. The maximum Gasteiger partial charge on any atom is 0.138 e. The first-order chi connectivity index (χ1) is 6.97. The van der Waals surface area contributed by atoms with Gasteiger partial charge in [-0.05, 0) is 7.05 Å². The van der Waals surface area contributed by atoms with Crippen molar-refractivity contribution in [2.24, 2.45) is 5.92 Å². The lowest BCUT2D eigenvalue weighted by molar-refractivity contribution is -0.124. The van der Waals surface area contributed by atoms with Crippen molar-refractivity contribution in [2.45, 2.75) is 26.4 Å². The van der Waals surface area contributed by atoms with Gasteiger partial charge in [0.1, 0.15) is 5.78 Å². The van der Waals surface area contributed by atoms with Gasteiger partial charge < -0.3 is 14.7 Å². The van der Waals surface area contributed by atoms with Crippen molar-refractivity contribution < 1.29 is 14.6 Å². The molecule has 0 aromatic rings. The van der Waals surface area contributed by atoms with Crippen molar-refractivity contribution in [3.8, 4) is 0 Å². The second kappa shape index (κ2) is 7.79. The van der Waals surface area contributed by atoms with Crippen LogP contribution in [0.2, 0.25) is 0 Å². The molecule has 0 aliphatic rings. The molecule has 0 rings (SSSR count). The van der Waals surface area contributed by atoms with Gasteiger partial charge in [0.15, 0.2) is 0 Å². The zero-order valence-corrected chi connectivity index (χ0v) is 10.2. The number of ether oxygens (including phenoxy) is 1. The lowest BCUT2D eigenvalue weighted by atomic mass is 10.0. The zero-order valence-electron chi connectivity index (χ0n) is 10.2. The molecule has 4 nitrogen and oxygen atoms in total. The third-order valence-electron chi connectivity index (χ3n) is 2.28. The van der Waals surface area contributed by atoms with Gasteiger partial charge in [0, 0.05) is 32.5 Å². The molecule has 0 saturated carbocycles. The van der Waals surface area contributed by atoms with E-state index in [0.29, 0.717) is 13.2 Å². The Morgan fingerprint density at radius 3 is 2.53 bits per heavy atom. The molecule has 1 atom stereocenters. The molecule has 15 heavy (non-hydrogen) atoms. The van der Waals surface area contributed by atoms with Gasteiger partial charge in [-0.15, -0.1) is 0 Å². The van der Waals surface area contributed by atoms with E-state index in [4.69, 9.17) is 4.74 Å². The van der Waals surface area contributed by atoms with E-state index in [0.717, 1.165) is 6.54 Å². The van der Waals surface area contributed by atoms with Gasteiger partial charge in [-0.25, -0.2) is 0 Å². The summed E-state index contributed by atoms with van der Waals surface area (Å²) in [4.78, 5) is 13.3. The molecule has 0 heterocycles. The van der Waals surface area contributed by atoms with Crippen molar-refractivity contribution in [3.63, 3.8) is 0 Å². The monoisotopic (exact) mass is 217 g/mol. The van der Waals surface area contributed by atoms with E-state index >= 15 is 0 Å². The van der Waals surface area contributed by atoms with Crippen LogP contribution in [0.1, 0.15) is 20.3 Å². The minimum Gasteiger partial charge on any atom is -0.391 e. The third-order valence-corrected chi connectivity index (χ3v) is 2.28. The summed E-state index contributed by atoms with van der Waals surface area (Å²) in [7, 11) is 3.55. The second-order valence-corrected chi connectivity index (χ2v) is 4.23. The highest BCUT2D eigenvalue weighted by atomic mass is 16.5. The van der Waals surface area contributed by atoms with Crippen LogP contribution >= 0.6 is 0 Å². The Bertz CT molecular complexity index is 183. The fraction of sp³-hybridized carbons (Fsp3) is 0.909. The number of likely N-dealkylation sites (N-methyl/N-ethyl adjacent to an activating group) is 1. The highest BCUT2D eigenvalue weighted by Gasteiger charge is 2.15. The number of carbonyl (C=O) groups is 1. The fourth-order valence-corrected chi connectivity index (χ4v) is 1.23. The first-order valence-corrected chi connectivity index (χ1v) is 5.35. The van der Waals surface area contributed by atoms with Crippen molar-refractivity contribution in [1.82, 2.24) is 4.90 Å². The fourth-order valence-electron chi connectivity index (χ4n) is 1.23. The van der Waals surface area contributed by atoms with Crippen LogP contribution in [0, 0.1) is 5.92 Å². The quantitative estimate of drug-likeness (QED) is 0.645. The number of hydrogen-bond donors (Lipinski definition) is 1. The van der Waals surface area contributed by atoms with Crippen LogP contribution in [0.5, 0.6) is 0 Å². The molecule has 0 aromatic carbocycles. The predicted octanol–water partition coefficient (Wildman–Crippen LogP) is 0.541. The number of Topliss-reactive ketones (excluding diaryl/α,β-unsaturated/α-hetero) is 1. The summed E-state index contributed by atoms with van der Waals surface area (Å²) in [6, 6.07) is 0. The first-order valence-electron chi connectivity index (χ1n) is 5.35. The molecule has 0 aliphatic carbocycles. The molecule has 0 amide bonds. The minimum atomic E-state index is -0.568. The Kier molecular flexibility index (Phi) is 7.56. The average Bonchev–Trinajstić information content (AvgIpc) is 2.14. The summed E-state index contributed by atoms with van der Waals surface area (Å²) < 4.78 is 4.92. The number of hydrogen-bond acceptors (Lipinski definition) is 4. The van der Waals surface area contributed by atoms with E-state index in [2.05, 4.69) is 0 Å². The van der Waals surface area contributed by atoms with Crippen molar-refractivity contribution in [1.29, 1.82) is 0 Å². The molecule has 0 saturated heterocycles. The molecule has 4 heteroatoms. The zero-order chi connectivity index (χ0) is 11.8. The number of carbonyl (C=O) groups excluding carboxylic acids is 1. The average molecular weight is 217 g/mol. The molecule has 1 N–H and O–H groups in total. The maximum atomic E-state index is 11.3. The number of methoxy groups -OCH3 is 1. The Morgan fingerprint density at radius 2 is 2.07 bits per heavy atom.